The van der Waals surface area contributed by atoms with Crippen LogP contribution in [0, 0.1) is 17.1 Å². The van der Waals surface area contributed by atoms with Crippen LogP contribution in [0.2, 0.25) is 0 Å². The van der Waals surface area contributed by atoms with Gasteiger partial charge in [0.15, 0.2) is 11.5 Å². The summed E-state index contributed by atoms with van der Waals surface area (Å²) in [6.07, 6.45) is -0.574. The van der Waals surface area contributed by atoms with Gasteiger partial charge in [-0.3, -0.25) is 4.79 Å². The predicted octanol–water partition coefficient (Wildman–Crippen LogP) is 4.36. The number of rotatable bonds is 5. The van der Waals surface area contributed by atoms with E-state index < -0.39 is 29.5 Å². The molecule has 0 atom stereocenters. The third-order valence-electron chi connectivity index (χ3n) is 7.41. The summed E-state index contributed by atoms with van der Waals surface area (Å²) in [6.45, 7) is 2.10. The number of pyridine rings is 1. The van der Waals surface area contributed by atoms with Crippen LogP contribution in [0.4, 0.5) is 29.2 Å². The van der Waals surface area contributed by atoms with Gasteiger partial charge in [0.2, 0.25) is 5.95 Å². The summed E-state index contributed by atoms with van der Waals surface area (Å²) < 4.78 is 56.6. The molecule has 206 valence electrons. The molecule has 13 heteroatoms. The van der Waals surface area contributed by atoms with Gasteiger partial charge in [-0.05, 0) is 68.5 Å². The van der Waals surface area contributed by atoms with E-state index in [9.17, 15) is 27.6 Å². The van der Waals surface area contributed by atoms with E-state index in [1.807, 2.05) is 24.3 Å². The first-order valence-corrected chi connectivity index (χ1v) is 12.7. The molecule has 4 aromatic rings. The Bertz CT molecular complexity index is 1760. The van der Waals surface area contributed by atoms with E-state index in [1.165, 1.54) is 25.0 Å². The summed E-state index contributed by atoms with van der Waals surface area (Å²) in [6, 6.07) is 10.0. The molecule has 2 aliphatic rings. The van der Waals surface area contributed by atoms with Crippen LogP contribution in [0.25, 0.3) is 16.9 Å². The molecule has 1 aliphatic carbocycles. The Kier molecular flexibility index (Phi) is 5.74. The molecule has 0 bridgehead atoms. The molecule has 1 fully saturated rings. The first kappa shape index (κ1) is 25.9. The maximum atomic E-state index is 14.6. The smallest absolute Gasteiger partial charge is 0.324 e. The number of nitrogens with one attached hydrogen (secondary N) is 2. The fraction of sp³-hybridized carbons (Fsp3) is 0.370. The molecule has 1 saturated carbocycles. The number of fused-ring (bicyclic) bond motifs is 3. The van der Waals surface area contributed by atoms with E-state index in [-0.39, 0.29) is 34.0 Å². The Hall–Kier alpha value is -4.31. The highest BCUT2D eigenvalue weighted by Crippen LogP contribution is 2.49. The largest absolute Gasteiger partial charge is 0.408 e. The van der Waals surface area contributed by atoms with E-state index in [0.29, 0.717) is 10.4 Å². The van der Waals surface area contributed by atoms with Crippen molar-refractivity contribution in [2.45, 2.75) is 56.8 Å². The number of anilines is 2. The fourth-order valence-corrected chi connectivity index (χ4v) is 5.25. The van der Waals surface area contributed by atoms with Gasteiger partial charge >= 0.3 is 6.18 Å². The number of nitrogens with zero attached hydrogens (tertiary/aromatic N) is 6. The molecule has 4 heterocycles. The van der Waals surface area contributed by atoms with Crippen molar-refractivity contribution in [1.29, 1.82) is 5.26 Å². The molecule has 2 N–H and O–H groups in total. The van der Waals surface area contributed by atoms with Gasteiger partial charge in [0, 0.05) is 24.0 Å². The molecular weight excluding hydrogens is 528 g/mol. The highest BCUT2D eigenvalue weighted by molar-refractivity contribution is 5.77. The molecule has 3 aromatic heterocycles. The van der Waals surface area contributed by atoms with Crippen LogP contribution in [0.15, 0.2) is 41.3 Å². The van der Waals surface area contributed by atoms with Crippen molar-refractivity contribution in [3.8, 4) is 11.9 Å². The summed E-state index contributed by atoms with van der Waals surface area (Å²) >= 11 is 0. The Morgan fingerprint density at radius 3 is 2.65 bits per heavy atom. The zero-order chi connectivity index (χ0) is 28.4. The number of alkyl halides is 3. The van der Waals surface area contributed by atoms with Crippen molar-refractivity contribution < 1.29 is 17.6 Å². The predicted molar refractivity (Wildman–Crippen MR) is 138 cm³/mol. The summed E-state index contributed by atoms with van der Waals surface area (Å²) in [7, 11) is 0. The minimum atomic E-state index is -4.75. The minimum Gasteiger partial charge on any atom is -0.324 e. The van der Waals surface area contributed by atoms with Crippen LogP contribution in [-0.2, 0) is 23.9 Å². The summed E-state index contributed by atoms with van der Waals surface area (Å²) in [5.41, 5.74) is 0.409. The van der Waals surface area contributed by atoms with Gasteiger partial charge in [-0.25, -0.2) is 23.7 Å². The number of aromatic nitrogens is 5. The average molecular weight is 553 g/mol. The molecule has 0 amide bonds. The zero-order valence-corrected chi connectivity index (χ0v) is 21.6. The van der Waals surface area contributed by atoms with Crippen LogP contribution in [0.3, 0.4) is 0 Å². The van der Waals surface area contributed by atoms with Gasteiger partial charge in [-0.2, -0.15) is 23.4 Å². The van der Waals surface area contributed by atoms with E-state index in [1.54, 1.807) is 0 Å². The topological polar surface area (TPSA) is 113 Å². The van der Waals surface area contributed by atoms with E-state index in [2.05, 4.69) is 25.6 Å². The molecule has 0 unspecified atom stereocenters. The third kappa shape index (κ3) is 4.38. The summed E-state index contributed by atoms with van der Waals surface area (Å²) in [5.74, 6) is -0.944. The lowest BCUT2D eigenvalue weighted by molar-refractivity contribution is -0.144. The molecule has 0 radical (unpaired) electrons. The van der Waals surface area contributed by atoms with Gasteiger partial charge in [0.1, 0.15) is 17.7 Å². The highest BCUT2D eigenvalue weighted by atomic mass is 19.4. The second-order valence-corrected chi connectivity index (χ2v) is 10.7. The van der Waals surface area contributed by atoms with Crippen molar-refractivity contribution in [2.24, 2.45) is 0 Å². The number of halogens is 4. The Morgan fingerprint density at radius 1 is 1.18 bits per heavy atom. The van der Waals surface area contributed by atoms with Crippen molar-refractivity contribution >= 4 is 22.7 Å². The second kappa shape index (κ2) is 8.85. The van der Waals surface area contributed by atoms with E-state index in [0.717, 1.165) is 48.8 Å². The lowest BCUT2D eigenvalue weighted by Crippen LogP contribution is -2.36. The van der Waals surface area contributed by atoms with Gasteiger partial charge in [0.25, 0.3) is 5.56 Å². The maximum absolute atomic E-state index is 14.6. The van der Waals surface area contributed by atoms with Gasteiger partial charge in [0.05, 0.1) is 17.2 Å². The van der Waals surface area contributed by atoms with Crippen LogP contribution >= 0.6 is 0 Å². The first-order valence-electron chi connectivity index (χ1n) is 12.7. The Balaban J connectivity index is 1.47. The zero-order valence-electron chi connectivity index (χ0n) is 21.6. The Labute approximate surface area is 225 Å². The van der Waals surface area contributed by atoms with E-state index in [4.69, 9.17) is 0 Å². The van der Waals surface area contributed by atoms with Crippen molar-refractivity contribution in [2.75, 3.05) is 11.9 Å². The molecule has 1 aliphatic heterocycles. The van der Waals surface area contributed by atoms with Gasteiger partial charge < -0.3 is 10.6 Å². The van der Waals surface area contributed by atoms with E-state index >= 15 is 0 Å². The fourth-order valence-electron chi connectivity index (χ4n) is 5.25. The normalized spacial score (nSPS) is 16.1. The molecule has 6 rings (SSSR count). The van der Waals surface area contributed by atoms with Gasteiger partial charge in [-0.1, -0.05) is 6.07 Å². The number of hydrogen-bond donors (Lipinski definition) is 2. The van der Waals surface area contributed by atoms with Crippen molar-refractivity contribution in [3.63, 3.8) is 0 Å². The maximum Gasteiger partial charge on any atom is 0.408 e. The molecule has 9 nitrogen and oxygen atoms in total. The third-order valence-corrected chi connectivity index (χ3v) is 7.41. The number of hydrogen-bond acceptors (Lipinski definition) is 7. The van der Waals surface area contributed by atoms with Crippen LogP contribution < -0.4 is 16.2 Å². The van der Waals surface area contributed by atoms with Crippen LogP contribution in [0.5, 0.6) is 0 Å². The van der Waals surface area contributed by atoms with Crippen molar-refractivity contribution in [1.82, 2.24) is 29.6 Å². The molecular formula is C27H24F4N8O. The molecule has 1 spiro atoms. The SMILES string of the molecule is CC(C)(C#N)c1nc(-n2c3nc(Nc4ccc5c(c4)CCNC54CC4)ncc3c(=O)n2CC(F)(F)F)ccc1F. The highest BCUT2D eigenvalue weighted by Gasteiger charge is 2.46. The van der Waals surface area contributed by atoms with Gasteiger partial charge in [-0.15, -0.1) is 0 Å². The van der Waals surface area contributed by atoms with Crippen LogP contribution in [-0.4, -0.2) is 37.0 Å². The standard InChI is InChI=1S/C27H24F4N8O/c1-25(2,13-32)21-19(28)5-6-20(36-21)39-22-17(23(40)38(39)14-27(29,30)31)12-33-24(37-22)35-16-3-4-18-15(11-16)7-10-34-26(18)8-9-26/h3-6,11-12,34H,7-10,14H2,1-2H3,(H,33,35,37). The Morgan fingerprint density at radius 2 is 1.95 bits per heavy atom. The average Bonchev–Trinajstić information content (AvgIpc) is 3.62. The molecule has 1 aromatic carbocycles. The first-order chi connectivity index (χ1) is 18.9. The lowest BCUT2D eigenvalue weighted by atomic mass is 9.90. The second-order valence-electron chi connectivity index (χ2n) is 10.7. The minimum absolute atomic E-state index is 0.0557. The number of benzene rings is 1. The van der Waals surface area contributed by atoms with Crippen LogP contribution in [0.1, 0.15) is 43.5 Å². The number of nitriles is 1. The monoisotopic (exact) mass is 552 g/mol. The lowest BCUT2D eigenvalue weighted by Gasteiger charge is -2.27. The quantitative estimate of drug-likeness (QED) is 0.354. The molecule has 0 saturated heterocycles. The summed E-state index contributed by atoms with van der Waals surface area (Å²) in [4.78, 5) is 25.8. The molecule has 40 heavy (non-hydrogen) atoms. The van der Waals surface area contributed by atoms with Crippen molar-refractivity contribution in [3.05, 3.63) is 69.5 Å². The summed E-state index contributed by atoms with van der Waals surface area (Å²) in [5, 5.41) is 16.0.